The van der Waals surface area contributed by atoms with Crippen LogP contribution in [0.25, 0.3) is 0 Å². The summed E-state index contributed by atoms with van der Waals surface area (Å²) in [7, 11) is 0. The molecule has 0 fully saturated rings. The lowest BCUT2D eigenvalue weighted by molar-refractivity contribution is -0.136. The van der Waals surface area contributed by atoms with Crippen molar-refractivity contribution in [2.24, 2.45) is 0 Å². The number of carboxylic acids is 1. The summed E-state index contributed by atoms with van der Waals surface area (Å²) >= 11 is 1.45. The number of thiophene rings is 1. The number of carbonyl (C=O) groups excluding carboxylic acids is 1. The van der Waals surface area contributed by atoms with Crippen LogP contribution in [-0.2, 0) is 16.0 Å². The fraction of sp³-hybridized carbons (Fsp3) is 0.143. The first-order valence-corrected chi connectivity index (χ1v) is 6.78. The molecule has 1 heterocycles. The van der Waals surface area contributed by atoms with Gasteiger partial charge in [-0.2, -0.15) is 0 Å². The Bertz CT molecular complexity index is 592. The number of hydrogen-bond acceptors (Lipinski definition) is 4. The highest BCUT2D eigenvalue weighted by molar-refractivity contribution is 7.10. The molecule has 6 heteroatoms. The van der Waals surface area contributed by atoms with Crippen molar-refractivity contribution in [3.05, 3.63) is 46.7 Å². The lowest BCUT2D eigenvalue weighted by Crippen LogP contribution is -2.36. The summed E-state index contributed by atoms with van der Waals surface area (Å²) in [5.41, 5.74) is 0.451. The molecule has 2 N–H and O–H groups in total. The van der Waals surface area contributed by atoms with Crippen molar-refractivity contribution in [2.45, 2.75) is 6.42 Å². The van der Waals surface area contributed by atoms with Crippen molar-refractivity contribution < 1.29 is 19.8 Å². The van der Waals surface area contributed by atoms with Crippen LogP contribution in [0.3, 0.4) is 0 Å². The van der Waals surface area contributed by atoms with E-state index in [2.05, 4.69) is 0 Å². The fourth-order valence-electron chi connectivity index (χ4n) is 1.75. The van der Waals surface area contributed by atoms with Crippen molar-refractivity contribution in [1.29, 1.82) is 0 Å². The van der Waals surface area contributed by atoms with E-state index in [0.29, 0.717) is 5.69 Å². The largest absolute Gasteiger partial charge is 0.508 e. The summed E-state index contributed by atoms with van der Waals surface area (Å²) in [5.74, 6) is -1.31. The predicted molar refractivity (Wildman–Crippen MR) is 76.1 cm³/mol. The third kappa shape index (κ3) is 3.58. The van der Waals surface area contributed by atoms with E-state index in [1.54, 1.807) is 0 Å². The highest BCUT2D eigenvalue weighted by atomic mass is 32.1. The number of aliphatic carboxylic acids is 1. The van der Waals surface area contributed by atoms with Gasteiger partial charge in [0.25, 0.3) is 0 Å². The summed E-state index contributed by atoms with van der Waals surface area (Å²) in [5, 5.41) is 20.0. The molecular formula is C14H13NO4S. The van der Waals surface area contributed by atoms with Gasteiger partial charge in [-0.05, 0) is 35.7 Å². The van der Waals surface area contributed by atoms with E-state index in [4.69, 9.17) is 5.11 Å². The van der Waals surface area contributed by atoms with Crippen LogP contribution in [0, 0.1) is 0 Å². The summed E-state index contributed by atoms with van der Waals surface area (Å²) in [6.45, 7) is -0.408. The molecule has 0 saturated heterocycles. The maximum atomic E-state index is 12.2. The van der Waals surface area contributed by atoms with Gasteiger partial charge in [0, 0.05) is 10.6 Å². The molecule has 1 aromatic carbocycles. The minimum absolute atomic E-state index is 0.0646. The number of anilines is 1. The summed E-state index contributed by atoms with van der Waals surface area (Å²) in [6, 6.07) is 9.55. The molecule has 1 amide bonds. The van der Waals surface area contributed by atoms with E-state index in [1.165, 1.54) is 40.5 Å². The normalized spacial score (nSPS) is 10.2. The quantitative estimate of drug-likeness (QED) is 0.884. The van der Waals surface area contributed by atoms with Gasteiger partial charge < -0.3 is 15.1 Å². The predicted octanol–water partition coefficient (Wildman–Crippen LogP) is 2.11. The average Bonchev–Trinajstić information content (AvgIpc) is 2.89. The second-order valence-corrected chi connectivity index (χ2v) is 5.18. The lowest BCUT2D eigenvalue weighted by atomic mass is 10.2. The number of rotatable bonds is 5. The van der Waals surface area contributed by atoms with Gasteiger partial charge >= 0.3 is 5.97 Å². The second-order valence-electron chi connectivity index (χ2n) is 4.15. The van der Waals surface area contributed by atoms with Crippen LogP contribution in [0.2, 0.25) is 0 Å². The van der Waals surface area contributed by atoms with E-state index >= 15 is 0 Å². The Labute approximate surface area is 119 Å². The number of carboxylic acid groups (broad SMARTS) is 1. The highest BCUT2D eigenvalue weighted by Gasteiger charge is 2.19. The number of hydrogen-bond donors (Lipinski definition) is 2. The molecule has 2 aromatic rings. The zero-order valence-electron chi connectivity index (χ0n) is 10.5. The molecule has 2 rings (SSSR count). The summed E-state index contributed by atoms with van der Waals surface area (Å²) in [4.78, 5) is 25.2. The topological polar surface area (TPSA) is 77.8 Å². The molecule has 0 aliphatic rings. The number of benzene rings is 1. The van der Waals surface area contributed by atoms with Gasteiger partial charge in [-0.1, -0.05) is 6.07 Å². The van der Waals surface area contributed by atoms with Gasteiger partial charge in [0.1, 0.15) is 12.3 Å². The fourth-order valence-corrected chi connectivity index (χ4v) is 2.44. The summed E-state index contributed by atoms with van der Waals surface area (Å²) in [6.07, 6.45) is 0.159. The van der Waals surface area contributed by atoms with Gasteiger partial charge in [-0.3, -0.25) is 9.59 Å². The Morgan fingerprint density at radius 2 is 1.85 bits per heavy atom. The molecule has 1 aromatic heterocycles. The molecule has 5 nitrogen and oxygen atoms in total. The monoisotopic (exact) mass is 291 g/mol. The first kappa shape index (κ1) is 14.1. The van der Waals surface area contributed by atoms with Gasteiger partial charge in [0.05, 0.1) is 6.42 Å². The van der Waals surface area contributed by atoms with Crippen molar-refractivity contribution in [3.8, 4) is 5.75 Å². The Balaban J connectivity index is 2.20. The minimum Gasteiger partial charge on any atom is -0.508 e. The second kappa shape index (κ2) is 6.21. The molecule has 0 bridgehead atoms. The first-order chi connectivity index (χ1) is 9.56. The number of phenols is 1. The molecule has 0 radical (unpaired) electrons. The van der Waals surface area contributed by atoms with Crippen LogP contribution >= 0.6 is 11.3 Å². The van der Waals surface area contributed by atoms with Crippen molar-refractivity contribution in [2.75, 3.05) is 11.4 Å². The Hall–Kier alpha value is -2.34. The number of amides is 1. The molecule has 20 heavy (non-hydrogen) atoms. The molecular weight excluding hydrogens is 278 g/mol. The van der Waals surface area contributed by atoms with Crippen LogP contribution in [0.4, 0.5) is 5.69 Å². The van der Waals surface area contributed by atoms with Crippen LogP contribution in [0.15, 0.2) is 41.8 Å². The van der Waals surface area contributed by atoms with E-state index in [0.717, 1.165) is 4.88 Å². The summed E-state index contributed by atoms with van der Waals surface area (Å²) < 4.78 is 0. The van der Waals surface area contributed by atoms with Crippen molar-refractivity contribution in [3.63, 3.8) is 0 Å². The third-order valence-electron chi connectivity index (χ3n) is 2.66. The molecule has 0 atom stereocenters. The van der Waals surface area contributed by atoms with E-state index in [1.807, 2.05) is 17.5 Å². The highest BCUT2D eigenvalue weighted by Crippen LogP contribution is 2.20. The van der Waals surface area contributed by atoms with Crippen LogP contribution in [0.5, 0.6) is 5.75 Å². The van der Waals surface area contributed by atoms with Gasteiger partial charge in [-0.25, -0.2) is 0 Å². The standard InChI is InChI=1S/C14H13NO4S/c16-11-5-3-10(4-6-11)15(9-14(18)19)13(17)8-12-2-1-7-20-12/h1-7,16H,8-9H2,(H,18,19). The number of phenolic OH excluding ortho intramolecular Hbond substituents is 1. The van der Waals surface area contributed by atoms with Crippen LogP contribution in [-0.4, -0.2) is 28.6 Å². The van der Waals surface area contributed by atoms with Crippen molar-refractivity contribution >= 4 is 28.9 Å². The minimum atomic E-state index is -1.09. The van der Waals surface area contributed by atoms with E-state index in [-0.39, 0.29) is 18.1 Å². The molecule has 0 aliphatic carbocycles. The van der Waals surface area contributed by atoms with Crippen LogP contribution < -0.4 is 4.90 Å². The van der Waals surface area contributed by atoms with E-state index < -0.39 is 12.5 Å². The van der Waals surface area contributed by atoms with Crippen LogP contribution in [0.1, 0.15) is 4.88 Å². The van der Waals surface area contributed by atoms with Gasteiger partial charge in [0.2, 0.25) is 5.91 Å². The first-order valence-electron chi connectivity index (χ1n) is 5.90. The number of aromatic hydroxyl groups is 1. The molecule has 0 unspecified atom stereocenters. The Morgan fingerprint density at radius 3 is 2.40 bits per heavy atom. The average molecular weight is 291 g/mol. The maximum Gasteiger partial charge on any atom is 0.323 e. The molecule has 0 aliphatic heterocycles. The number of carbonyl (C=O) groups is 2. The smallest absolute Gasteiger partial charge is 0.323 e. The molecule has 0 saturated carbocycles. The zero-order chi connectivity index (χ0) is 14.5. The maximum absolute atomic E-state index is 12.2. The molecule has 104 valence electrons. The molecule has 0 spiro atoms. The van der Waals surface area contributed by atoms with Gasteiger partial charge in [0.15, 0.2) is 0 Å². The number of nitrogens with zero attached hydrogens (tertiary/aromatic N) is 1. The zero-order valence-corrected chi connectivity index (χ0v) is 11.3. The van der Waals surface area contributed by atoms with Gasteiger partial charge in [-0.15, -0.1) is 11.3 Å². The third-order valence-corrected chi connectivity index (χ3v) is 3.54. The SMILES string of the molecule is O=C(O)CN(C(=O)Cc1cccs1)c1ccc(O)cc1. The Kier molecular flexibility index (Phi) is 4.37. The Morgan fingerprint density at radius 1 is 1.15 bits per heavy atom. The van der Waals surface area contributed by atoms with E-state index in [9.17, 15) is 14.7 Å². The van der Waals surface area contributed by atoms with Crippen molar-refractivity contribution in [1.82, 2.24) is 0 Å². The lowest BCUT2D eigenvalue weighted by Gasteiger charge is -2.20.